The summed E-state index contributed by atoms with van der Waals surface area (Å²) in [6, 6.07) is 0. The molecule has 114 valence electrons. The first-order chi connectivity index (χ1) is 10.0. The second-order valence-electron chi connectivity index (χ2n) is 5.36. The van der Waals surface area contributed by atoms with Crippen LogP contribution in [-0.2, 0) is 28.6 Å². The van der Waals surface area contributed by atoms with E-state index in [4.69, 9.17) is 14.2 Å². The lowest BCUT2D eigenvalue weighted by atomic mass is 9.95. The molecule has 0 aromatic carbocycles. The predicted octanol–water partition coefficient (Wildman–Crippen LogP) is 1.46. The number of carbonyl (C=O) groups is 2. The molecule has 2 atom stereocenters. The summed E-state index contributed by atoms with van der Waals surface area (Å²) in [7, 11) is 0. The van der Waals surface area contributed by atoms with Gasteiger partial charge in [0.2, 0.25) is 11.4 Å². The Morgan fingerprint density at radius 2 is 2.10 bits per heavy atom. The molecule has 0 bridgehead atoms. The van der Waals surface area contributed by atoms with Crippen LogP contribution in [-0.4, -0.2) is 35.7 Å². The van der Waals surface area contributed by atoms with Gasteiger partial charge >= 0.3 is 11.9 Å². The molecule has 0 radical (unpaired) electrons. The van der Waals surface area contributed by atoms with E-state index in [1.807, 2.05) is 0 Å². The number of rotatable bonds is 4. The minimum atomic E-state index is -1.69. The number of hydrogen-bond acceptors (Lipinski definition) is 6. The summed E-state index contributed by atoms with van der Waals surface area (Å²) < 4.78 is 15.8. The maximum Gasteiger partial charge on any atom is 0.359 e. The molecule has 2 fully saturated rings. The summed E-state index contributed by atoms with van der Waals surface area (Å²) in [4.78, 5) is 34.4. The van der Waals surface area contributed by atoms with Crippen LogP contribution in [0.4, 0.5) is 0 Å². The van der Waals surface area contributed by atoms with Crippen LogP contribution in [0.1, 0.15) is 39.0 Å². The highest BCUT2D eigenvalue weighted by atomic mass is 16.7. The second-order valence-corrected chi connectivity index (χ2v) is 5.36. The standard InChI is InChI=1S/C15H18O6/c1-3-12(17)21-15(2)13(11(9-16)20-14(15)18)19-10-7-5-4-6-8-10/h3,10,13H,1,4-8H2,2H3. The lowest BCUT2D eigenvalue weighted by Gasteiger charge is -2.30. The van der Waals surface area contributed by atoms with Crippen molar-refractivity contribution in [2.45, 2.75) is 56.8 Å². The normalized spacial score (nSPS) is 29.7. The van der Waals surface area contributed by atoms with Crippen molar-refractivity contribution in [1.29, 1.82) is 0 Å². The van der Waals surface area contributed by atoms with E-state index >= 15 is 0 Å². The Morgan fingerprint density at radius 3 is 2.67 bits per heavy atom. The Hall–Kier alpha value is -1.91. The van der Waals surface area contributed by atoms with Crippen molar-refractivity contribution >= 4 is 17.9 Å². The van der Waals surface area contributed by atoms with Gasteiger partial charge in [0.1, 0.15) is 0 Å². The van der Waals surface area contributed by atoms with Gasteiger partial charge in [0.05, 0.1) is 6.10 Å². The van der Waals surface area contributed by atoms with Gasteiger partial charge in [-0.25, -0.2) is 14.4 Å². The Balaban J connectivity index is 2.22. The average molecular weight is 294 g/mol. The molecular weight excluding hydrogens is 276 g/mol. The molecule has 1 aliphatic carbocycles. The maximum absolute atomic E-state index is 12.0. The molecule has 0 N–H and O–H groups in total. The van der Waals surface area contributed by atoms with Gasteiger partial charge in [-0.1, -0.05) is 25.8 Å². The second kappa shape index (κ2) is 6.24. The molecule has 1 heterocycles. The van der Waals surface area contributed by atoms with E-state index < -0.39 is 23.6 Å². The zero-order chi connectivity index (χ0) is 15.5. The van der Waals surface area contributed by atoms with Gasteiger partial charge < -0.3 is 14.2 Å². The summed E-state index contributed by atoms with van der Waals surface area (Å²) in [5.74, 6) is -0.326. The first-order valence-electron chi connectivity index (χ1n) is 6.99. The highest BCUT2D eigenvalue weighted by molar-refractivity contribution is 5.91. The molecule has 2 rings (SSSR count). The third-order valence-electron chi connectivity index (χ3n) is 3.81. The average Bonchev–Trinajstić information content (AvgIpc) is 2.72. The van der Waals surface area contributed by atoms with Crippen LogP contribution in [0.5, 0.6) is 0 Å². The molecule has 6 heteroatoms. The monoisotopic (exact) mass is 294 g/mol. The fourth-order valence-corrected chi connectivity index (χ4v) is 2.62. The Kier molecular flexibility index (Phi) is 4.60. The number of esters is 2. The molecule has 0 aromatic rings. The van der Waals surface area contributed by atoms with Crippen LogP contribution in [0, 0.1) is 0 Å². The van der Waals surface area contributed by atoms with E-state index in [2.05, 4.69) is 6.58 Å². The first kappa shape index (κ1) is 15.5. The van der Waals surface area contributed by atoms with Gasteiger partial charge in [0.15, 0.2) is 12.0 Å². The quantitative estimate of drug-likeness (QED) is 0.444. The molecule has 21 heavy (non-hydrogen) atoms. The molecule has 2 unspecified atom stereocenters. The van der Waals surface area contributed by atoms with Crippen LogP contribution in [0.3, 0.4) is 0 Å². The van der Waals surface area contributed by atoms with Gasteiger partial charge in [-0.15, -0.1) is 0 Å². The van der Waals surface area contributed by atoms with E-state index in [-0.39, 0.29) is 11.9 Å². The van der Waals surface area contributed by atoms with Gasteiger partial charge in [0.25, 0.3) is 0 Å². The largest absolute Gasteiger partial charge is 0.441 e. The van der Waals surface area contributed by atoms with E-state index in [0.29, 0.717) is 0 Å². The fourth-order valence-electron chi connectivity index (χ4n) is 2.62. The topological polar surface area (TPSA) is 78.9 Å². The smallest absolute Gasteiger partial charge is 0.359 e. The molecule has 1 saturated carbocycles. The third-order valence-corrected chi connectivity index (χ3v) is 3.81. The molecule has 0 aromatic heterocycles. The van der Waals surface area contributed by atoms with Gasteiger partial charge in [-0.2, -0.15) is 0 Å². The molecule has 1 saturated heterocycles. The minimum absolute atomic E-state index is 0.0941. The number of cyclic esters (lactones) is 1. The summed E-state index contributed by atoms with van der Waals surface area (Å²) in [6.45, 7) is 4.66. The summed E-state index contributed by atoms with van der Waals surface area (Å²) >= 11 is 0. The van der Waals surface area contributed by atoms with E-state index in [9.17, 15) is 14.4 Å². The van der Waals surface area contributed by atoms with Gasteiger partial charge in [-0.05, 0) is 19.8 Å². The minimum Gasteiger partial charge on any atom is -0.441 e. The van der Waals surface area contributed by atoms with Crippen molar-refractivity contribution in [1.82, 2.24) is 0 Å². The highest BCUT2D eigenvalue weighted by Gasteiger charge is 2.58. The van der Waals surface area contributed by atoms with Crippen molar-refractivity contribution in [3.05, 3.63) is 18.4 Å². The number of carbonyl (C=O) groups excluding carboxylic acids is 3. The van der Waals surface area contributed by atoms with Gasteiger partial charge in [0, 0.05) is 6.08 Å². The SMILES string of the molecule is C=CC(=O)OC1(C)C(=O)OC(=C=O)C1OC1CCCCC1. The van der Waals surface area contributed by atoms with Crippen molar-refractivity contribution in [2.24, 2.45) is 0 Å². The summed E-state index contributed by atoms with van der Waals surface area (Å²) in [6.07, 6.45) is 4.64. The zero-order valence-electron chi connectivity index (χ0n) is 11.9. The van der Waals surface area contributed by atoms with Gasteiger partial charge in [-0.3, -0.25) is 0 Å². The van der Waals surface area contributed by atoms with Crippen molar-refractivity contribution in [3.8, 4) is 0 Å². The zero-order valence-corrected chi connectivity index (χ0v) is 11.9. The molecule has 2 aliphatic rings. The molecule has 1 aliphatic heterocycles. The van der Waals surface area contributed by atoms with E-state index in [1.165, 1.54) is 6.92 Å². The summed E-state index contributed by atoms with van der Waals surface area (Å²) in [5, 5.41) is 0. The van der Waals surface area contributed by atoms with E-state index in [0.717, 1.165) is 38.2 Å². The Labute approximate surface area is 122 Å². The fraction of sp³-hybridized carbons (Fsp3) is 0.600. The van der Waals surface area contributed by atoms with Crippen molar-refractivity contribution in [2.75, 3.05) is 0 Å². The van der Waals surface area contributed by atoms with Crippen LogP contribution >= 0.6 is 0 Å². The van der Waals surface area contributed by atoms with E-state index in [1.54, 1.807) is 5.94 Å². The van der Waals surface area contributed by atoms with Crippen LogP contribution in [0.2, 0.25) is 0 Å². The Bertz CT molecular complexity index is 498. The third kappa shape index (κ3) is 3.06. The number of hydrogen-bond donors (Lipinski definition) is 0. The predicted molar refractivity (Wildman–Crippen MR) is 71.7 cm³/mol. The first-order valence-corrected chi connectivity index (χ1v) is 6.99. The molecule has 0 amide bonds. The van der Waals surface area contributed by atoms with Crippen LogP contribution < -0.4 is 0 Å². The lowest BCUT2D eigenvalue weighted by Crippen LogP contribution is -2.48. The highest BCUT2D eigenvalue weighted by Crippen LogP contribution is 2.36. The number of ether oxygens (including phenoxy) is 3. The summed E-state index contributed by atoms with van der Waals surface area (Å²) in [5.41, 5.74) is -1.69. The Morgan fingerprint density at radius 1 is 1.43 bits per heavy atom. The van der Waals surface area contributed by atoms with Crippen LogP contribution in [0.15, 0.2) is 18.4 Å². The van der Waals surface area contributed by atoms with Crippen molar-refractivity contribution < 1.29 is 28.6 Å². The molecular formula is C15H18O6. The van der Waals surface area contributed by atoms with Crippen LogP contribution in [0.25, 0.3) is 0 Å². The molecule has 6 nitrogen and oxygen atoms in total. The lowest BCUT2D eigenvalue weighted by molar-refractivity contribution is -0.178. The maximum atomic E-state index is 12.0. The molecule has 0 spiro atoms. The van der Waals surface area contributed by atoms with Crippen molar-refractivity contribution in [3.63, 3.8) is 0 Å².